The molecular weight excluding hydrogens is 228 g/mol. The Balaban J connectivity index is 2.07. The number of nitrogens with zero attached hydrogens (tertiary/aromatic N) is 1. The molecule has 0 aliphatic carbocycles. The van der Waals surface area contributed by atoms with Crippen molar-refractivity contribution in [2.75, 3.05) is 32.8 Å². The molecule has 106 valence electrons. The van der Waals surface area contributed by atoms with Gasteiger partial charge in [-0.15, -0.1) is 0 Å². The lowest BCUT2D eigenvalue weighted by Gasteiger charge is -2.31. The standard InChI is InChI=1S/C14H28N2O2/c1-2-18-14(17)12-13-6-10-16(11-7-13)9-5-3-4-8-15/h13H,2-12,15H2,1H3. The average Bonchev–Trinajstić information content (AvgIpc) is 2.37. The smallest absolute Gasteiger partial charge is 0.306 e. The van der Waals surface area contributed by atoms with Crippen molar-refractivity contribution in [3.05, 3.63) is 0 Å². The monoisotopic (exact) mass is 256 g/mol. The van der Waals surface area contributed by atoms with Crippen LogP contribution in [0.2, 0.25) is 0 Å². The summed E-state index contributed by atoms with van der Waals surface area (Å²) in [5, 5.41) is 0. The molecule has 0 aromatic carbocycles. The summed E-state index contributed by atoms with van der Waals surface area (Å²) in [4.78, 5) is 13.9. The summed E-state index contributed by atoms with van der Waals surface area (Å²) in [6.07, 6.45) is 6.50. The Bertz CT molecular complexity index is 226. The third-order valence-corrected chi connectivity index (χ3v) is 3.65. The van der Waals surface area contributed by atoms with Crippen LogP contribution in [0.3, 0.4) is 0 Å². The molecule has 0 aromatic heterocycles. The van der Waals surface area contributed by atoms with E-state index in [9.17, 15) is 4.79 Å². The van der Waals surface area contributed by atoms with E-state index in [2.05, 4.69) is 4.90 Å². The van der Waals surface area contributed by atoms with Crippen LogP contribution in [0, 0.1) is 5.92 Å². The maximum absolute atomic E-state index is 11.4. The van der Waals surface area contributed by atoms with Gasteiger partial charge in [0.05, 0.1) is 6.61 Å². The Morgan fingerprint density at radius 1 is 1.28 bits per heavy atom. The summed E-state index contributed by atoms with van der Waals surface area (Å²) in [7, 11) is 0. The van der Waals surface area contributed by atoms with Crippen LogP contribution in [0.25, 0.3) is 0 Å². The average molecular weight is 256 g/mol. The van der Waals surface area contributed by atoms with E-state index in [1.54, 1.807) is 0 Å². The zero-order valence-electron chi connectivity index (χ0n) is 11.7. The lowest BCUT2D eigenvalue weighted by Crippen LogP contribution is -2.35. The van der Waals surface area contributed by atoms with Gasteiger partial charge in [-0.3, -0.25) is 4.79 Å². The van der Waals surface area contributed by atoms with Crippen LogP contribution in [0.5, 0.6) is 0 Å². The molecule has 0 aromatic rings. The molecule has 0 atom stereocenters. The number of rotatable bonds is 8. The van der Waals surface area contributed by atoms with E-state index in [-0.39, 0.29) is 5.97 Å². The predicted molar refractivity (Wildman–Crippen MR) is 73.3 cm³/mol. The molecule has 4 heteroatoms. The van der Waals surface area contributed by atoms with Gasteiger partial charge in [-0.2, -0.15) is 0 Å². The predicted octanol–water partition coefficient (Wildman–Crippen LogP) is 1.78. The first-order chi connectivity index (χ1) is 8.76. The van der Waals surface area contributed by atoms with E-state index < -0.39 is 0 Å². The van der Waals surface area contributed by atoms with E-state index in [0.29, 0.717) is 18.9 Å². The van der Waals surface area contributed by atoms with E-state index in [1.807, 2.05) is 6.92 Å². The minimum Gasteiger partial charge on any atom is -0.466 e. The maximum Gasteiger partial charge on any atom is 0.306 e. The third kappa shape index (κ3) is 6.36. The molecule has 1 aliphatic rings. The molecule has 0 bridgehead atoms. The molecule has 1 saturated heterocycles. The fourth-order valence-corrected chi connectivity index (χ4v) is 2.53. The number of esters is 1. The number of likely N-dealkylation sites (tertiary alicyclic amines) is 1. The molecule has 0 radical (unpaired) electrons. The molecule has 4 nitrogen and oxygen atoms in total. The van der Waals surface area contributed by atoms with Crippen LogP contribution in [-0.4, -0.2) is 43.7 Å². The van der Waals surface area contributed by atoms with Gasteiger partial charge in [0.15, 0.2) is 0 Å². The Hall–Kier alpha value is -0.610. The van der Waals surface area contributed by atoms with Crippen LogP contribution in [0.4, 0.5) is 0 Å². The summed E-state index contributed by atoms with van der Waals surface area (Å²) in [5.41, 5.74) is 5.48. The lowest BCUT2D eigenvalue weighted by atomic mass is 9.93. The summed E-state index contributed by atoms with van der Waals surface area (Å²) >= 11 is 0. The SMILES string of the molecule is CCOC(=O)CC1CCN(CCCCCN)CC1. The van der Waals surface area contributed by atoms with Crippen molar-refractivity contribution < 1.29 is 9.53 Å². The molecule has 0 unspecified atom stereocenters. The topological polar surface area (TPSA) is 55.6 Å². The highest BCUT2D eigenvalue weighted by Crippen LogP contribution is 2.21. The number of carbonyl (C=O) groups is 1. The second-order valence-electron chi connectivity index (χ2n) is 5.14. The number of carbonyl (C=O) groups excluding carboxylic acids is 1. The van der Waals surface area contributed by atoms with Crippen LogP contribution < -0.4 is 5.73 Å². The lowest BCUT2D eigenvalue weighted by molar-refractivity contribution is -0.144. The number of ether oxygens (including phenoxy) is 1. The van der Waals surface area contributed by atoms with Crippen molar-refractivity contribution >= 4 is 5.97 Å². The molecule has 2 N–H and O–H groups in total. The highest BCUT2D eigenvalue weighted by Gasteiger charge is 2.21. The zero-order chi connectivity index (χ0) is 13.2. The van der Waals surface area contributed by atoms with Crippen molar-refractivity contribution in [1.29, 1.82) is 0 Å². The zero-order valence-corrected chi connectivity index (χ0v) is 11.7. The van der Waals surface area contributed by atoms with Crippen molar-refractivity contribution in [3.8, 4) is 0 Å². The van der Waals surface area contributed by atoms with Crippen molar-refractivity contribution in [2.24, 2.45) is 11.7 Å². The molecule has 1 aliphatic heterocycles. The molecule has 0 amide bonds. The number of nitrogens with two attached hydrogens (primary N) is 1. The molecule has 0 spiro atoms. The molecular formula is C14H28N2O2. The normalized spacial score (nSPS) is 17.9. The minimum absolute atomic E-state index is 0.0288. The highest BCUT2D eigenvalue weighted by atomic mass is 16.5. The summed E-state index contributed by atoms with van der Waals surface area (Å²) in [5.74, 6) is 0.503. The van der Waals surface area contributed by atoms with E-state index in [0.717, 1.165) is 38.9 Å². The quantitative estimate of drug-likeness (QED) is 0.531. The Morgan fingerprint density at radius 2 is 2.00 bits per heavy atom. The van der Waals surface area contributed by atoms with Crippen LogP contribution in [0.15, 0.2) is 0 Å². The number of unbranched alkanes of at least 4 members (excludes halogenated alkanes) is 2. The van der Waals surface area contributed by atoms with E-state index in [4.69, 9.17) is 10.5 Å². The first-order valence-corrected chi connectivity index (χ1v) is 7.34. The second kappa shape index (κ2) is 9.34. The first kappa shape index (κ1) is 15.4. The van der Waals surface area contributed by atoms with Gasteiger partial charge in [-0.25, -0.2) is 0 Å². The summed E-state index contributed by atoms with van der Waals surface area (Å²) < 4.78 is 5.00. The summed E-state index contributed by atoms with van der Waals surface area (Å²) in [6.45, 7) is 6.62. The van der Waals surface area contributed by atoms with Gasteiger partial charge < -0.3 is 15.4 Å². The second-order valence-corrected chi connectivity index (χ2v) is 5.14. The van der Waals surface area contributed by atoms with Gasteiger partial charge in [0.1, 0.15) is 0 Å². The Labute approximate surface area is 111 Å². The van der Waals surface area contributed by atoms with Gasteiger partial charge in [0.25, 0.3) is 0 Å². The minimum atomic E-state index is -0.0288. The molecule has 0 saturated carbocycles. The fraction of sp³-hybridized carbons (Fsp3) is 0.929. The van der Waals surface area contributed by atoms with Crippen molar-refractivity contribution in [2.45, 2.75) is 45.4 Å². The molecule has 18 heavy (non-hydrogen) atoms. The van der Waals surface area contributed by atoms with Gasteiger partial charge >= 0.3 is 5.97 Å². The number of hydrogen-bond acceptors (Lipinski definition) is 4. The van der Waals surface area contributed by atoms with Gasteiger partial charge in [0.2, 0.25) is 0 Å². The van der Waals surface area contributed by atoms with E-state index >= 15 is 0 Å². The third-order valence-electron chi connectivity index (χ3n) is 3.65. The van der Waals surface area contributed by atoms with Crippen LogP contribution in [-0.2, 0) is 9.53 Å². The summed E-state index contributed by atoms with van der Waals surface area (Å²) in [6, 6.07) is 0. The molecule has 1 rings (SSSR count). The van der Waals surface area contributed by atoms with Crippen molar-refractivity contribution in [1.82, 2.24) is 4.90 Å². The van der Waals surface area contributed by atoms with Crippen molar-refractivity contribution in [3.63, 3.8) is 0 Å². The largest absolute Gasteiger partial charge is 0.466 e. The maximum atomic E-state index is 11.4. The van der Waals surface area contributed by atoms with Gasteiger partial charge in [0, 0.05) is 6.42 Å². The highest BCUT2D eigenvalue weighted by molar-refractivity contribution is 5.69. The number of hydrogen-bond donors (Lipinski definition) is 1. The Kier molecular flexibility index (Phi) is 8.01. The first-order valence-electron chi connectivity index (χ1n) is 7.34. The number of piperidine rings is 1. The van der Waals surface area contributed by atoms with Crippen LogP contribution >= 0.6 is 0 Å². The molecule has 1 fully saturated rings. The molecule has 1 heterocycles. The van der Waals surface area contributed by atoms with E-state index in [1.165, 1.54) is 19.4 Å². The van der Waals surface area contributed by atoms with Gasteiger partial charge in [-0.1, -0.05) is 6.42 Å². The fourth-order valence-electron chi connectivity index (χ4n) is 2.53. The van der Waals surface area contributed by atoms with Gasteiger partial charge in [-0.05, 0) is 64.7 Å². The van der Waals surface area contributed by atoms with Crippen LogP contribution in [0.1, 0.15) is 45.4 Å². The Morgan fingerprint density at radius 3 is 2.61 bits per heavy atom.